The minimum absolute atomic E-state index is 0.0489. The van der Waals surface area contributed by atoms with Crippen molar-refractivity contribution in [2.24, 2.45) is 11.8 Å². The molecule has 2 fully saturated rings. The van der Waals surface area contributed by atoms with Crippen molar-refractivity contribution in [1.82, 2.24) is 19.5 Å². The Balaban J connectivity index is 1.46. The van der Waals surface area contributed by atoms with Crippen molar-refractivity contribution in [2.75, 3.05) is 6.54 Å². The van der Waals surface area contributed by atoms with E-state index in [-0.39, 0.29) is 17.5 Å². The Morgan fingerprint density at radius 2 is 1.97 bits per heavy atom. The number of carboxylic acid groups (broad SMARTS) is 1. The number of carbonyl (C=O) groups excluding carboxylic acids is 1. The van der Waals surface area contributed by atoms with Crippen LogP contribution in [0.15, 0.2) is 36.4 Å². The van der Waals surface area contributed by atoms with E-state index < -0.39 is 11.8 Å². The topological polar surface area (TPSA) is 87.8 Å². The molecule has 3 atom stereocenters. The molecule has 3 aromatic rings. The molecule has 0 unspecified atom stereocenters. The lowest BCUT2D eigenvalue weighted by Crippen LogP contribution is -2.51. The van der Waals surface area contributed by atoms with Gasteiger partial charge in [0, 0.05) is 36.0 Å². The molecule has 1 saturated carbocycles. The predicted octanol–water partition coefficient (Wildman–Crippen LogP) is 5.24. The number of amides is 1. The lowest BCUT2D eigenvalue weighted by molar-refractivity contribution is -0.131. The van der Waals surface area contributed by atoms with E-state index in [0.717, 1.165) is 30.7 Å². The van der Waals surface area contributed by atoms with Crippen LogP contribution < -0.4 is 0 Å². The first-order valence-corrected chi connectivity index (χ1v) is 12.8. The van der Waals surface area contributed by atoms with Gasteiger partial charge in [-0.1, -0.05) is 32.3 Å². The van der Waals surface area contributed by atoms with E-state index in [4.69, 9.17) is 5.11 Å². The van der Waals surface area contributed by atoms with Gasteiger partial charge in [0.1, 0.15) is 11.5 Å². The first-order chi connectivity index (χ1) is 17.4. The fourth-order valence-electron chi connectivity index (χ4n) is 5.94. The van der Waals surface area contributed by atoms with Gasteiger partial charge in [0.25, 0.3) is 5.91 Å². The lowest BCUT2D eigenvalue weighted by atomic mass is 9.71. The number of hydrogen-bond acceptors (Lipinski definition) is 4. The summed E-state index contributed by atoms with van der Waals surface area (Å²) in [6.07, 6.45) is 8.99. The monoisotopic (exact) mass is 490 g/mol. The van der Waals surface area contributed by atoms with Crippen LogP contribution in [0.5, 0.6) is 0 Å². The molecular weight excluding hydrogens is 459 g/mol. The zero-order valence-corrected chi connectivity index (χ0v) is 20.7. The van der Waals surface area contributed by atoms with E-state index in [2.05, 4.69) is 17.0 Å². The average molecular weight is 491 g/mol. The molecule has 188 valence electrons. The lowest BCUT2D eigenvalue weighted by Gasteiger charge is -2.46. The van der Waals surface area contributed by atoms with E-state index in [9.17, 15) is 14.0 Å². The van der Waals surface area contributed by atoms with Crippen LogP contribution in [0.2, 0.25) is 0 Å². The third kappa shape index (κ3) is 4.52. The highest BCUT2D eigenvalue weighted by Crippen LogP contribution is 2.40. The quantitative estimate of drug-likeness (QED) is 0.495. The first-order valence-electron chi connectivity index (χ1n) is 12.8. The highest BCUT2D eigenvalue weighted by atomic mass is 19.1. The summed E-state index contributed by atoms with van der Waals surface area (Å²) >= 11 is 0. The Kier molecular flexibility index (Phi) is 6.60. The summed E-state index contributed by atoms with van der Waals surface area (Å²) in [4.78, 5) is 31.0. The molecule has 7 nitrogen and oxygen atoms in total. The third-order valence-electron chi connectivity index (χ3n) is 7.85. The number of benzene rings is 1. The molecule has 2 aromatic heterocycles. The second kappa shape index (κ2) is 9.84. The van der Waals surface area contributed by atoms with Gasteiger partial charge in [0.2, 0.25) is 0 Å². The fourth-order valence-corrected chi connectivity index (χ4v) is 5.94. The van der Waals surface area contributed by atoms with Gasteiger partial charge in [-0.25, -0.2) is 18.7 Å². The number of rotatable bonds is 5. The van der Waals surface area contributed by atoms with Gasteiger partial charge in [0.05, 0.1) is 5.69 Å². The molecule has 1 N–H and O–H groups in total. The zero-order chi connectivity index (χ0) is 25.4. The summed E-state index contributed by atoms with van der Waals surface area (Å²) in [7, 11) is 0. The second-order valence-corrected chi connectivity index (χ2v) is 9.93. The minimum atomic E-state index is -1.10. The maximum Gasteiger partial charge on any atom is 0.328 e. The molecule has 36 heavy (non-hydrogen) atoms. The normalized spacial score (nSPS) is 22.2. The number of hydrogen-bond donors (Lipinski definition) is 1. The van der Waals surface area contributed by atoms with Crippen LogP contribution >= 0.6 is 0 Å². The van der Waals surface area contributed by atoms with E-state index >= 15 is 0 Å². The summed E-state index contributed by atoms with van der Waals surface area (Å²) in [5.74, 6) is -0.376. The van der Waals surface area contributed by atoms with Crippen LogP contribution in [0.3, 0.4) is 0 Å². The van der Waals surface area contributed by atoms with Crippen LogP contribution in [-0.4, -0.2) is 49.1 Å². The highest BCUT2D eigenvalue weighted by Gasteiger charge is 2.39. The second-order valence-electron chi connectivity index (χ2n) is 9.93. The average Bonchev–Trinajstić information content (AvgIpc) is 3.31. The van der Waals surface area contributed by atoms with Crippen molar-refractivity contribution in [3.8, 4) is 11.3 Å². The van der Waals surface area contributed by atoms with Crippen LogP contribution in [0.1, 0.15) is 67.7 Å². The highest BCUT2D eigenvalue weighted by molar-refractivity contribution is 5.93. The van der Waals surface area contributed by atoms with E-state index in [0.29, 0.717) is 34.9 Å². The van der Waals surface area contributed by atoms with Gasteiger partial charge >= 0.3 is 5.97 Å². The number of aliphatic carboxylic acids is 1. The molecule has 1 amide bonds. The summed E-state index contributed by atoms with van der Waals surface area (Å²) < 4.78 is 16.6. The molecule has 0 radical (unpaired) electrons. The van der Waals surface area contributed by atoms with Crippen LogP contribution in [0.4, 0.5) is 4.39 Å². The predicted molar refractivity (Wildman–Crippen MR) is 135 cm³/mol. The molecule has 8 heteroatoms. The molecule has 1 aliphatic heterocycles. The molecular formula is C28H31FN4O3. The standard InChI is InChI=1S/C28H31FN4O3/c1-3-20-15-25(28(36)32-13-12-19-6-4-5-7-21(19)17(32)2)30-26-16-24(31-33(20)26)22-10-8-18(14-23(22)29)9-11-27(34)35/h8-11,14-17,19,21H,3-7,12-13H2,1-2H3,(H,34,35)/b11-9+/t17-,19+,21-/m1/s1. The minimum Gasteiger partial charge on any atom is -0.478 e. The number of aryl methyl sites for hydroxylation is 1. The summed E-state index contributed by atoms with van der Waals surface area (Å²) in [5.41, 5.74) is 2.87. The Hall–Kier alpha value is -3.55. The Morgan fingerprint density at radius 1 is 1.17 bits per heavy atom. The number of carboxylic acids is 1. The molecule has 1 aliphatic carbocycles. The maximum absolute atomic E-state index is 14.9. The van der Waals surface area contributed by atoms with Crippen molar-refractivity contribution >= 4 is 23.6 Å². The largest absolute Gasteiger partial charge is 0.478 e. The summed E-state index contributed by atoms with van der Waals surface area (Å²) in [6.45, 7) is 4.92. The molecule has 2 aliphatic rings. The zero-order valence-electron chi connectivity index (χ0n) is 20.7. The smallest absolute Gasteiger partial charge is 0.328 e. The number of nitrogens with zero attached hydrogens (tertiary/aromatic N) is 4. The molecule has 1 aromatic carbocycles. The maximum atomic E-state index is 14.9. The summed E-state index contributed by atoms with van der Waals surface area (Å²) in [5, 5.41) is 13.4. The van der Waals surface area contributed by atoms with Gasteiger partial charge in [-0.2, -0.15) is 5.10 Å². The number of likely N-dealkylation sites (tertiary alicyclic amines) is 1. The number of fused-ring (bicyclic) bond motifs is 2. The van der Waals surface area contributed by atoms with Crippen LogP contribution in [0, 0.1) is 17.7 Å². The van der Waals surface area contributed by atoms with Crippen LogP contribution in [0.25, 0.3) is 23.0 Å². The van der Waals surface area contributed by atoms with Crippen molar-refractivity contribution in [2.45, 2.75) is 58.4 Å². The van der Waals surface area contributed by atoms with E-state index in [1.807, 2.05) is 17.9 Å². The van der Waals surface area contributed by atoms with E-state index in [1.54, 1.807) is 22.7 Å². The first kappa shape index (κ1) is 24.2. The van der Waals surface area contributed by atoms with Crippen molar-refractivity contribution in [1.29, 1.82) is 0 Å². The summed E-state index contributed by atoms with van der Waals surface area (Å²) in [6, 6.07) is 8.19. The molecule has 3 heterocycles. The van der Waals surface area contributed by atoms with Gasteiger partial charge in [-0.3, -0.25) is 4.79 Å². The molecule has 0 bridgehead atoms. The SMILES string of the molecule is CCc1cc(C(=O)N2CC[C@@H]3CCCC[C@@H]3[C@H]2C)nc2cc(-c3ccc(/C=C/C(=O)O)cc3F)nn12. The van der Waals surface area contributed by atoms with Gasteiger partial charge in [-0.15, -0.1) is 0 Å². The number of piperidine rings is 1. The van der Waals surface area contributed by atoms with Crippen molar-refractivity contribution in [3.05, 3.63) is 59.2 Å². The Labute approximate surface area is 209 Å². The van der Waals surface area contributed by atoms with Crippen molar-refractivity contribution < 1.29 is 19.1 Å². The van der Waals surface area contributed by atoms with Crippen LogP contribution in [-0.2, 0) is 11.2 Å². The van der Waals surface area contributed by atoms with Gasteiger partial charge in [0.15, 0.2) is 5.65 Å². The fraction of sp³-hybridized carbons (Fsp3) is 0.429. The number of carbonyl (C=O) groups is 2. The Bertz CT molecular complexity index is 1350. The number of aromatic nitrogens is 3. The Morgan fingerprint density at radius 3 is 2.72 bits per heavy atom. The van der Waals surface area contributed by atoms with Gasteiger partial charge < -0.3 is 10.0 Å². The van der Waals surface area contributed by atoms with Gasteiger partial charge in [-0.05, 0) is 67.9 Å². The third-order valence-corrected chi connectivity index (χ3v) is 7.85. The number of halogens is 1. The van der Waals surface area contributed by atoms with Crippen molar-refractivity contribution in [3.63, 3.8) is 0 Å². The molecule has 0 spiro atoms. The molecule has 5 rings (SSSR count). The van der Waals surface area contributed by atoms with E-state index in [1.165, 1.54) is 37.8 Å². The molecule has 1 saturated heterocycles.